The molecule has 0 saturated heterocycles. The Morgan fingerprint density at radius 1 is 1.22 bits per heavy atom. The Balaban J connectivity index is 2.20. The molecule has 0 saturated carbocycles. The molecule has 0 fully saturated rings. The molecule has 0 radical (unpaired) electrons. The topological polar surface area (TPSA) is 105 Å². The molecule has 0 heterocycles. The largest absolute Gasteiger partial charge is 0.480 e. The van der Waals surface area contributed by atoms with Crippen LogP contribution in [-0.2, 0) is 20.9 Å². The summed E-state index contributed by atoms with van der Waals surface area (Å²) in [6.07, 6.45) is 0.327. The van der Waals surface area contributed by atoms with Gasteiger partial charge in [0.1, 0.15) is 12.6 Å². The van der Waals surface area contributed by atoms with Gasteiger partial charge in [0.2, 0.25) is 5.91 Å². The van der Waals surface area contributed by atoms with Gasteiger partial charge in [0.05, 0.1) is 0 Å². The zero-order valence-electron chi connectivity index (χ0n) is 13.1. The zero-order valence-corrected chi connectivity index (χ0v) is 13.1. The lowest BCUT2D eigenvalue weighted by Gasteiger charge is -2.14. The van der Waals surface area contributed by atoms with Crippen LogP contribution in [0.3, 0.4) is 0 Å². The number of ether oxygens (including phenoxy) is 1. The van der Waals surface area contributed by atoms with E-state index in [9.17, 15) is 14.4 Å². The molecule has 0 aliphatic carbocycles. The van der Waals surface area contributed by atoms with Crippen molar-refractivity contribution in [3.05, 3.63) is 35.9 Å². The Labute approximate surface area is 135 Å². The number of nitrogens with one attached hydrogen (secondary N) is 2. The summed E-state index contributed by atoms with van der Waals surface area (Å²) in [5.74, 6) is -1.40. The third kappa shape index (κ3) is 7.85. The average Bonchev–Trinajstić information content (AvgIpc) is 2.56. The van der Waals surface area contributed by atoms with E-state index in [4.69, 9.17) is 9.84 Å². The minimum absolute atomic E-state index is 0.178. The Morgan fingerprint density at radius 3 is 2.52 bits per heavy atom. The molecule has 0 bridgehead atoms. The first-order chi connectivity index (χ1) is 11.0. The van der Waals surface area contributed by atoms with E-state index in [-0.39, 0.29) is 31.9 Å². The predicted molar refractivity (Wildman–Crippen MR) is 83.7 cm³/mol. The van der Waals surface area contributed by atoms with Crippen LogP contribution in [0.5, 0.6) is 0 Å². The first-order valence-electron chi connectivity index (χ1n) is 7.49. The first kappa shape index (κ1) is 18.5. The number of benzene rings is 1. The maximum atomic E-state index is 11.5. The van der Waals surface area contributed by atoms with Crippen LogP contribution in [-0.4, -0.2) is 35.7 Å². The number of alkyl carbamates (subject to hydrolysis) is 1. The Morgan fingerprint density at radius 2 is 1.91 bits per heavy atom. The van der Waals surface area contributed by atoms with E-state index < -0.39 is 18.1 Å². The van der Waals surface area contributed by atoms with Crippen molar-refractivity contribution >= 4 is 18.0 Å². The smallest absolute Gasteiger partial charge is 0.407 e. The molecule has 1 aromatic carbocycles. The molecular weight excluding hydrogens is 300 g/mol. The minimum Gasteiger partial charge on any atom is -0.480 e. The fourth-order valence-electron chi connectivity index (χ4n) is 1.82. The van der Waals surface area contributed by atoms with Gasteiger partial charge in [-0.05, 0) is 18.4 Å². The quantitative estimate of drug-likeness (QED) is 0.600. The molecular formula is C16H22N2O5. The van der Waals surface area contributed by atoms with Crippen molar-refractivity contribution in [2.45, 2.75) is 38.8 Å². The second-order valence-corrected chi connectivity index (χ2v) is 4.94. The molecule has 1 aromatic rings. The summed E-state index contributed by atoms with van der Waals surface area (Å²) in [6.45, 7) is 2.11. The van der Waals surface area contributed by atoms with Crippen LogP contribution in [0.15, 0.2) is 30.3 Å². The van der Waals surface area contributed by atoms with E-state index in [0.717, 1.165) is 5.56 Å². The van der Waals surface area contributed by atoms with Crippen molar-refractivity contribution in [1.82, 2.24) is 10.6 Å². The fraction of sp³-hybridized carbons (Fsp3) is 0.438. The van der Waals surface area contributed by atoms with Gasteiger partial charge in [-0.1, -0.05) is 37.3 Å². The summed E-state index contributed by atoms with van der Waals surface area (Å²) in [5, 5.41) is 14.0. The van der Waals surface area contributed by atoms with Crippen LogP contribution in [0.4, 0.5) is 4.79 Å². The van der Waals surface area contributed by atoms with Gasteiger partial charge in [0, 0.05) is 13.0 Å². The summed E-state index contributed by atoms with van der Waals surface area (Å²) >= 11 is 0. The third-order valence-corrected chi connectivity index (χ3v) is 3.11. The molecule has 1 atom stereocenters. The number of carboxylic acid groups (broad SMARTS) is 1. The molecule has 23 heavy (non-hydrogen) atoms. The van der Waals surface area contributed by atoms with Crippen LogP contribution in [0.2, 0.25) is 0 Å². The highest BCUT2D eigenvalue weighted by molar-refractivity contribution is 5.83. The van der Waals surface area contributed by atoms with Crippen molar-refractivity contribution in [2.75, 3.05) is 6.54 Å². The number of hydrogen-bond acceptors (Lipinski definition) is 4. The van der Waals surface area contributed by atoms with Gasteiger partial charge in [-0.25, -0.2) is 9.59 Å². The standard InChI is InChI=1S/C16H22N2O5/c1-2-14(19)18-13(15(20)21)9-6-10-17-16(22)23-11-12-7-4-3-5-8-12/h3-5,7-8,13H,2,6,9-11H2,1H3,(H,17,22)(H,18,19)(H,20,21). The number of aliphatic carboxylic acids is 1. The van der Waals surface area contributed by atoms with Gasteiger partial charge in [-0.3, -0.25) is 4.79 Å². The van der Waals surface area contributed by atoms with Crippen LogP contribution in [0.25, 0.3) is 0 Å². The molecule has 2 amide bonds. The molecule has 1 rings (SSSR count). The van der Waals surface area contributed by atoms with Crippen LogP contribution in [0, 0.1) is 0 Å². The number of carbonyl (C=O) groups excluding carboxylic acids is 2. The van der Waals surface area contributed by atoms with Gasteiger partial charge >= 0.3 is 12.1 Å². The lowest BCUT2D eigenvalue weighted by Crippen LogP contribution is -2.41. The van der Waals surface area contributed by atoms with Gasteiger partial charge in [-0.15, -0.1) is 0 Å². The van der Waals surface area contributed by atoms with Crippen molar-refractivity contribution in [3.8, 4) is 0 Å². The fourth-order valence-corrected chi connectivity index (χ4v) is 1.82. The van der Waals surface area contributed by atoms with E-state index in [2.05, 4.69) is 10.6 Å². The molecule has 0 aromatic heterocycles. The Kier molecular flexibility index (Phi) is 8.20. The van der Waals surface area contributed by atoms with E-state index >= 15 is 0 Å². The normalized spacial score (nSPS) is 11.3. The SMILES string of the molecule is CCC(=O)NC(CCCNC(=O)OCc1ccccc1)C(=O)O. The molecule has 7 heteroatoms. The molecule has 0 spiro atoms. The molecule has 7 nitrogen and oxygen atoms in total. The summed E-state index contributed by atoms with van der Waals surface area (Å²) < 4.78 is 5.03. The maximum absolute atomic E-state index is 11.5. The Bertz CT molecular complexity index is 518. The molecule has 0 aliphatic heterocycles. The molecule has 3 N–H and O–H groups in total. The monoisotopic (exact) mass is 322 g/mol. The average molecular weight is 322 g/mol. The maximum Gasteiger partial charge on any atom is 0.407 e. The van der Waals surface area contributed by atoms with Gasteiger partial charge in [-0.2, -0.15) is 0 Å². The van der Waals surface area contributed by atoms with Gasteiger partial charge in [0.15, 0.2) is 0 Å². The second-order valence-electron chi connectivity index (χ2n) is 4.94. The predicted octanol–water partition coefficient (Wildman–Crippen LogP) is 1.67. The van der Waals surface area contributed by atoms with Crippen LogP contribution in [0.1, 0.15) is 31.7 Å². The van der Waals surface area contributed by atoms with Crippen LogP contribution >= 0.6 is 0 Å². The third-order valence-electron chi connectivity index (χ3n) is 3.11. The lowest BCUT2D eigenvalue weighted by molar-refractivity contribution is -0.142. The highest BCUT2D eigenvalue weighted by atomic mass is 16.5. The summed E-state index contributed by atoms with van der Waals surface area (Å²) in [4.78, 5) is 33.7. The summed E-state index contributed by atoms with van der Waals surface area (Å²) in [5.41, 5.74) is 0.885. The van der Waals surface area contributed by atoms with Crippen molar-refractivity contribution < 1.29 is 24.2 Å². The van der Waals surface area contributed by atoms with Crippen molar-refractivity contribution in [1.29, 1.82) is 0 Å². The summed E-state index contributed by atoms with van der Waals surface area (Å²) in [6, 6.07) is 8.34. The van der Waals surface area contributed by atoms with E-state index in [1.165, 1.54) is 0 Å². The highest BCUT2D eigenvalue weighted by Gasteiger charge is 2.18. The van der Waals surface area contributed by atoms with Gasteiger partial charge < -0.3 is 20.5 Å². The Hall–Kier alpha value is -2.57. The number of hydrogen-bond donors (Lipinski definition) is 3. The minimum atomic E-state index is -1.08. The summed E-state index contributed by atoms with van der Waals surface area (Å²) in [7, 11) is 0. The van der Waals surface area contributed by atoms with Crippen molar-refractivity contribution in [2.24, 2.45) is 0 Å². The number of carboxylic acids is 1. The second kappa shape index (κ2) is 10.2. The van der Waals surface area contributed by atoms with E-state index in [0.29, 0.717) is 6.42 Å². The van der Waals surface area contributed by atoms with E-state index in [1.54, 1.807) is 6.92 Å². The lowest BCUT2D eigenvalue weighted by atomic mass is 10.1. The molecule has 0 aliphatic rings. The van der Waals surface area contributed by atoms with Crippen LogP contribution < -0.4 is 10.6 Å². The highest BCUT2D eigenvalue weighted by Crippen LogP contribution is 2.01. The molecule has 1 unspecified atom stereocenters. The van der Waals surface area contributed by atoms with E-state index in [1.807, 2.05) is 30.3 Å². The number of rotatable bonds is 9. The first-order valence-corrected chi connectivity index (χ1v) is 7.49. The van der Waals surface area contributed by atoms with Crippen molar-refractivity contribution in [3.63, 3.8) is 0 Å². The zero-order chi connectivity index (χ0) is 17.1. The van der Waals surface area contributed by atoms with Gasteiger partial charge in [0.25, 0.3) is 0 Å². The number of carbonyl (C=O) groups is 3. The molecule has 126 valence electrons. The number of amides is 2.